The van der Waals surface area contributed by atoms with Crippen LogP contribution in [0, 0.1) is 0 Å². The predicted octanol–water partition coefficient (Wildman–Crippen LogP) is 4.49. The van der Waals surface area contributed by atoms with Crippen LogP contribution in [-0.2, 0) is 24.6 Å². The number of fused-ring (bicyclic) bond motifs is 1. The fourth-order valence-corrected chi connectivity index (χ4v) is 2.83. The van der Waals surface area contributed by atoms with Crippen molar-refractivity contribution in [2.75, 3.05) is 5.32 Å². The fourth-order valence-electron chi connectivity index (χ4n) is 2.83. The van der Waals surface area contributed by atoms with Crippen LogP contribution in [-0.4, -0.2) is 20.9 Å². The summed E-state index contributed by atoms with van der Waals surface area (Å²) in [6.45, 7) is 0.301. The van der Waals surface area contributed by atoms with Crippen LogP contribution in [0.3, 0.4) is 0 Å². The molecule has 0 spiro atoms. The smallest absolute Gasteiger partial charge is 0.416 e. The zero-order valence-corrected chi connectivity index (χ0v) is 17.0. The van der Waals surface area contributed by atoms with Gasteiger partial charge in [-0.1, -0.05) is 6.07 Å². The zero-order chi connectivity index (χ0) is 23.1. The van der Waals surface area contributed by atoms with Crippen LogP contribution in [0.5, 0.6) is 11.6 Å². The first-order chi connectivity index (χ1) is 15.3. The third-order valence-electron chi connectivity index (χ3n) is 4.36. The molecule has 4 aromatic rings. The Kier molecular flexibility index (Phi) is 7.06. The summed E-state index contributed by atoms with van der Waals surface area (Å²) in [5, 5.41) is 3.27. The van der Waals surface area contributed by atoms with Crippen molar-refractivity contribution < 1.29 is 22.7 Å². The molecule has 0 bridgehead atoms. The molecule has 0 aliphatic heterocycles. The summed E-state index contributed by atoms with van der Waals surface area (Å²) in [5.41, 5.74) is 6.02. The Balaban J connectivity index is 0.000000195. The molecule has 0 unspecified atom stereocenters. The van der Waals surface area contributed by atoms with Gasteiger partial charge in [0, 0.05) is 42.1 Å². The van der Waals surface area contributed by atoms with Gasteiger partial charge in [-0.15, -0.1) is 0 Å². The molecule has 0 atom stereocenters. The van der Waals surface area contributed by atoms with Crippen molar-refractivity contribution >= 4 is 23.0 Å². The number of alkyl halides is 3. The van der Waals surface area contributed by atoms with Gasteiger partial charge < -0.3 is 20.4 Å². The summed E-state index contributed by atoms with van der Waals surface area (Å²) in [6.07, 6.45) is -0.382. The minimum Gasteiger partial charge on any atom is -0.439 e. The Labute approximate surface area is 181 Å². The Hall–Kier alpha value is -3.92. The number of anilines is 1. The number of nitrogens with zero attached hydrogens (tertiary/aromatic N) is 3. The first-order valence-corrected chi connectivity index (χ1v) is 9.42. The zero-order valence-electron chi connectivity index (χ0n) is 17.0. The van der Waals surface area contributed by atoms with Gasteiger partial charge in [0.2, 0.25) is 12.3 Å². The van der Waals surface area contributed by atoms with Gasteiger partial charge in [-0.2, -0.15) is 18.2 Å². The van der Waals surface area contributed by atoms with E-state index in [9.17, 15) is 18.0 Å². The molecule has 0 aliphatic carbocycles. The monoisotopic (exact) mass is 443 g/mol. The maximum absolute atomic E-state index is 12.1. The van der Waals surface area contributed by atoms with Gasteiger partial charge >= 0.3 is 6.18 Å². The molecule has 0 fully saturated rings. The van der Waals surface area contributed by atoms with Crippen LogP contribution in [0.15, 0.2) is 67.0 Å². The number of halogens is 3. The average Bonchev–Trinajstić information content (AvgIpc) is 3.14. The number of rotatable bonds is 5. The molecule has 3 N–H and O–H groups in total. The molecule has 4 rings (SSSR count). The van der Waals surface area contributed by atoms with Gasteiger partial charge in [0.15, 0.2) is 0 Å². The van der Waals surface area contributed by atoms with Crippen molar-refractivity contribution in [1.29, 1.82) is 0 Å². The highest BCUT2D eigenvalue weighted by atomic mass is 19.4. The van der Waals surface area contributed by atoms with Crippen molar-refractivity contribution in [3.8, 4) is 11.6 Å². The number of carbonyl (C=O) groups excluding carboxylic acids is 1. The molecule has 2 heterocycles. The maximum Gasteiger partial charge on any atom is 0.416 e. The Morgan fingerprint density at radius 2 is 1.97 bits per heavy atom. The van der Waals surface area contributed by atoms with Crippen molar-refractivity contribution in [2.45, 2.75) is 12.7 Å². The summed E-state index contributed by atoms with van der Waals surface area (Å²) in [6, 6.07) is 14.1. The molecule has 0 radical (unpaired) electrons. The molecule has 0 saturated carbocycles. The van der Waals surface area contributed by atoms with Crippen LogP contribution in [0.25, 0.3) is 10.9 Å². The molecule has 1 amide bonds. The van der Waals surface area contributed by atoms with Crippen LogP contribution < -0.4 is 15.8 Å². The summed E-state index contributed by atoms with van der Waals surface area (Å²) in [5.74, 6) is 1.82. The molecule has 166 valence electrons. The first-order valence-electron chi connectivity index (χ1n) is 9.42. The molecule has 10 heteroatoms. The van der Waals surface area contributed by atoms with Gasteiger partial charge in [-0.05, 0) is 42.5 Å². The van der Waals surface area contributed by atoms with Gasteiger partial charge in [0.05, 0.1) is 12.1 Å². The standard InChI is InChI=1S/C14H14N4O.C8H6F3NO/c1-18-7-5-10-8-11(2-3-12(10)18)19-14-4-6-16-13(9-15)17-14;9-8(10,11)6-2-1-3-7(4-6)12-5-13/h2-8H,9,15H2,1H3;1-5H,(H,12,13). The summed E-state index contributed by atoms with van der Waals surface area (Å²) < 4.78 is 44.1. The minimum atomic E-state index is -4.37. The van der Waals surface area contributed by atoms with Crippen LogP contribution in [0.4, 0.5) is 18.9 Å². The van der Waals surface area contributed by atoms with Crippen LogP contribution in [0.1, 0.15) is 11.4 Å². The van der Waals surface area contributed by atoms with E-state index in [-0.39, 0.29) is 5.69 Å². The lowest BCUT2D eigenvalue weighted by molar-refractivity contribution is -0.137. The Morgan fingerprint density at radius 3 is 2.69 bits per heavy atom. The number of hydrogen-bond acceptors (Lipinski definition) is 5. The summed E-state index contributed by atoms with van der Waals surface area (Å²) in [4.78, 5) is 18.2. The van der Waals surface area contributed by atoms with E-state index in [0.717, 1.165) is 28.8 Å². The first kappa shape index (κ1) is 22.8. The van der Waals surface area contributed by atoms with Gasteiger partial charge in [-0.25, -0.2) is 4.98 Å². The Morgan fingerprint density at radius 1 is 1.16 bits per heavy atom. The van der Waals surface area contributed by atoms with Gasteiger partial charge in [0.25, 0.3) is 0 Å². The van der Waals surface area contributed by atoms with E-state index in [1.807, 2.05) is 37.5 Å². The van der Waals surface area contributed by atoms with E-state index >= 15 is 0 Å². The molecule has 7 nitrogen and oxygen atoms in total. The van der Waals surface area contributed by atoms with Crippen molar-refractivity contribution in [3.05, 3.63) is 78.4 Å². The lowest BCUT2D eigenvalue weighted by Crippen LogP contribution is -2.05. The van der Waals surface area contributed by atoms with Crippen molar-refractivity contribution in [3.63, 3.8) is 0 Å². The number of nitrogens with two attached hydrogens (primary N) is 1. The average molecular weight is 443 g/mol. The maximum atomic E-state index is 12.1. The highest BCUT2D eigenvalue weighted by Crippen LogP contribution is 2.30. The lowest BCUT2D eigenvalue weighted by atomic mass is 10.2. The highest BCUT2D eigenvalue weighted by Gasteiger charge is 2.30. The second-order valence-corrected chi connectivity index (χ2v) is 6.61. The number of amides is 1. The SMILES string of the molecule is Cn1ccc2cc(Oc3ccnc(CN)n3)ccc21.O=CNc1cccc(C(F)(F)F)c1. The minimum absolute atomic E-state index is 0.129. The molecule has 0 saturated heterocycles. The summed E-state index contributed by atoms with van der Waals surface area (Å²) >= 11 is 0. The number of aryl methyl sites for hydroxylation is 1. The Bertz CT molecular complexity index is 1210. The normalized spacial score (nSPS) is 10.9. The van der Waals surface area contributed by atoms with E-state index in [2.05, 4.69) is 19.9 Å². The van der Waals surface area contributed by atoms with Crippen LogP contribution >= 0.6 is 0 Å². The van der Waals surface area contributed by atoms with E-state index < -0.39 is 11.7 Å². The van der Waals surface area contributed by atoms with E-state index in [4.69, 9.17) is 10.5 Å². The lowest BCUT2D eigenvalue weighted by Gasteiger charge is -2.07. The molecule has 32 heavy (non-hydrogen) atoms. The van der Waals surface area contributed by atoms with Crippen LogP contribution in [0.2, 0.25) is 0 Å². The predicted molar refractivity (Wildman–Crippen MR) is 114 cm³/mol. The van der Waals surface area contributed by atoms with Crippen molar-refractivity contribution in [1.82, 2.24) is 14.5 Å². The largest absolute Gasteiger partial charge is 0.439 e. The molecule has 0 aliphatic rings. The molecular formula is C22H20F3N5O2. The number of ether oxygens (including phenoxy) is 1. The fraction of sp³-hybridized carbons (Fsp3) is 0.136. The molecule has 2 aromatic carbocycles. The number of aromatic nitrogens is 3. The quantitative estimate of drug-likeness (QED) is 0.443. The van der Waals surface area contributed by atoms with Gasteiger partial charge in [0.1, 0.15) is 11.6 Å². The number of benzene rings is 2. The molecular weight excluding hydrogens is 423 g/mol. The van der Waals surface area contributed by atoms with Crippen molar-refractivity contribution in [2.24, 2.45) is 12.8 Å². The number of carbonyl (C=O) groups is 1. The third kappa shape index (κ3) is 5.82. The van der Waals surface area contributed by atoms with Gasteiger partial charge in [-0.3, -0.25) is 4.79 Å². The second kappa shape index (κ2) is 9.92. The van der Waals surface area contributed by atoms with E-state index in [0.29, 0.717) is 24.7 Å². The van der Waals surface area contributed by atoms with E-state index in [1.165, 1.54) is 12.1 Å². The van der Waals surface area contributed by atoms with E-state index in [1.54, 1.807) is 12.3 Å². The number of nitrogens with one attached hydrogen (secondary N) is 1. The summed E-state index contributed by atoms with van der Waals surface area (Å²) in [7, 11) is 2.01. The number of hydrogen-bond donors (Lipinski definition) is 2. The molecule has 2 aromatic heterocycles. The second-order valence-electron chi connectivity index (χ2n) is 6.61. The highest BCUT2D eigenvalue weighted by molar-refractivity contribution is 5.81. The topological polar surface area (TPSA) is 95.1 Å². The third-order valence-corrected chi connectivity index (χ3v) is 4.36.